The SMILES string of the molecule is Cc1ccc(C(CNF)Nc2ccccc2)c(C)c1. The number of para-hydroxylation sites is 1. The molecule has 2 aromatic rings. The Bertz CT molecular complexity index is 526. The van der Waals surface area contributed by atoms with Crippen LogP contribution in [0.25, 0.3) is 0 Å². The average Bonchev–Trinajstić information content (AvgIpc) is 2.39. The fourth-order valence-electron chi connectivity index (χ4n) is 2.27. The van der Waals surface area contributed by atoms with Crippen molar-refractivity contribution in [2.45, 2.75) is 19.9 Å². The molecule has 0 heterocycles. The summed E-state index contributed by atoms with van der Waals surface area (Å²) in [4.78, 5) is 0. The van der Waals surface area contributed by atoms with E-state index in [1.165, 1.54) is 11.1 Å². The van der Waals surface area contributed by atoms with Gasteiger partial charge >= 0.3 is 0 Å². The Morgan fingerprint density at radius 1 is 1.05 bits per heavy atom. The molecule has 2 N–H and O–H groups in total. The zero-order valence-electron chi connectivity index (χ0n) is 11.3. The first-order valence-corrected chi connectivity index (χ1v) is 6.43. The molecule has 0 aliphatic rings. The number of hydrogen-bond donors (Lipinski definition) is 2. The summed E-state index contributed by atoms with van der Waals surface area (Å²) in [6.45, 7) is 4.35. The van der Waals surface area contributed by atoms with E-state index in [9.17, 15) is 4.48 Å². The van der Waals surface area contributed by atoms with Gasteiger partial charge in [0.25, 0.3) is 0 Å². The maximum atomic E-state index is 12.6. The molecular weight excluding hydrogens is 239 g/mol. The minimum absolute atomic E-state index is 0.0898. The summed E-state index contributed by atoms with van der Waals surface area (Å²) >= 11 is 0. The lowest BCUT2D eigenvalue weighted by atomic mass is 9.99. The van der Waals surface area contributed by atoms with Gasteiger partial charge in [-0.25, -0.2) is 0 Å². The summed E-state index contributed by atoms with van der Waals surface area (Å²) in [5.41, 5.74) is 6.25. The number of aryl methyl sites for hydroxylation is 2. The van der Waals surface area contributed by atoms with Crippen LogP contribution in [0.1, 0.15) is 22.7 Å². The van der Waals surface area contributed by atoms with E-state index in [0.29, 0.717) is 0 Å². The summed E-state index contributed by atoms with van der Waals surface area (Å²) in [6, 6.07) is 16.0. The lowest BCUT2D eigenvalue weighted by Crippen LogP contribution is -2.22. The Balaban J connectivity index is 2.24. The van der Waals surface area contributed by atoms with Gasteiger partial charge in [-0.05, 0) is 37.1 Å². The largest absolute Gasteiger partial charge is 0.377 e. The highest BCUT2D eigenvalue weighted by atomic mass is 19.2. The van der Waals surface area contributed by atoms with Crippen LogP contribution in [0.2, 0.25) is 0 Å². The molecule has 1 atom stereocenters. The van der Waals surface area contributed by atoms with Crippen molar-refractivity contribution in [3.63, 3.8) is 0 Å². The van der Waals surface area contributed by atoms with Gasteiger partial charge in [-0.3, -0.25) is 0 Å². The van der Waals surface area contributed by atoms with E-state index in [2.05, 4.69) is 37.4 Å². The third kappa shape index (κ3) is 3.55. The van der Waals surface area contributed by atoms with Gasteiger partial charge in [0.1, 0.15) is 0 Å². The Labute approximate surface area is 113 Å². The molecule has 0 aliphatic heterocycles. The fraction of sp³-hybridized carbons (Fsp3) is 0.250. The normalized spacial score (nSPS) is 12.2. The molecule has 0 radical (unpaired) electrons. The monoisotopic (exact) mass is 258 g/mol. The number of halogens is 1. The highest BCUT2D eigenvalue weighted by Gasteiger charge is 2.13. The summed E-state index contributed by atoms with van der Waals surface area (Å²) in [6.07, 6.45) is 0. The second-order valence-corrected chi connectivity index (χ2v) is 4.76. The lowest BCUT2D eigenvalue weighted by molar-refractivity contribution is 0.325. The molecule has 0 aliphatic carbocycles. The van der Waals surface area contributed by atoms with Gasteiger partial charge in [-0.1, -0.05) is 42.0 Å². The quantitative estimate of drug-likeness (QED) is 0.794. The number of rotatable bonds is 5. The third-order valence-electron chi connectivity index (χ3n) is 3.20. The Kier molecular flexibility index (Phi) is 4.53. The summed E-state index contributed by atoms with van der Waals surface area (Å²) in [5, 5.41) is 3.35. The van der Waals surface area contributed by atoms with Crippen molar-refractivity contribution in [1.29, 1.82) is 0 Å². The molecule has 0 bridgehead atoms. The maximum Gasteiger partial charge on any atom is 0.0667 e. The summed E-state index contributed by atoms with van der Waals surface area (Å²) in [5.74, 6) is 0. The molecule has 0 saturated heterocycles. The van der Waals surface area contributed by atoms with E-state index in [-0.39, 0.29) is 12.6 Å². The second-order valence-electron chi connectivity index (χ2n) is 4.76. The topological polar surface area (TPSA) is 24.1 Å². The van der Waals surface area contributed by atoms with Gasteiger partial charge in [0.15, 0.2) is 0 Å². The molecule has 19 heavy (non-hydrogen) atoms. The average molecular weight is 258 g/mol. The highest BCUT2D eigenvalue weighted by Crippen LogP contribution is 2.23. The molecule has 3 heteroatoms. The van der Waals surface area contributed by atoms with Crippen LogP contribution < -0.4 is 10.9 Å². The van der Waals surface area contributed by atoms with Crippen LogP contribution in [0.4, 0.5) is 10.2 Å². The Morgan fingerprint density at radius 2 is 1.79 bits per heavy atom. The minimum Gasteiger partial charge on any atom is -0.377 e. The zero-order chi connectivity index (χ0) is 13.7. The third-order valence-corrected chi connectivity index (χ3v) is 3.20. The Hall–Kier alpha value is -1.87. The standard InChI is InChI=1S/C16H19FN2/c1-12-8-9-15(13(2)10-12)16(11-18-17)19-14-6-4-3-5-7-14/h3-10,16,18-19H,11H2,1-2H3. The highest BCUT2D eigenvalue weighted by molar-refractivity contribution is 5.46. The van der Waals surface area contributed by atoms with Crippen LogP contribution in [0.15, 0.2) is 48.5 Å². The van der Waals surface area contributed by atoms with E-state index in [1.54, 1.807) is 5.54 Å². The van der Waals surface area contributed by atoms with Crippen LogP contribution in [-0.2, 0) is 0 Å². The van der Waals surface area contributed by atoms with Crippen LogP contribution in [0, 0.1) is 13.8 Å². The molecule has 0 spiro atoms. The fourth-order valence-corrected chi connectivity index (χ4v) is 2.27. The van der Waals surface area contributed by atoms with E-state index < -0.39 is 0 Å². The van der Waals surface area contributed by atoms with Crippen molar-refractivity contribution in [1.82, 2.24) is 5.54 Å². The summed E-state index contributed by atoms with van der Waals surface area (Å²) in [7, 11) is 0. The molecular formula is C16H19FN2. The molecule has 0 fully saturated rings. The predicted molar refractivity (Wildman–Crippen MR) is 77.8 cm³/mol. The summed E-state index contributed by atoms with van der Waals surface area (Å²) < 4.78 is 12.6. The van der Waals surface area contributed by atoms with Gasteiger partial charge in [0.05, 0.1) is 12.6 Å². The Morgan fingerprint density at radius 3 is 2.42 bits per heavy atom. The number of nitrogens with one attached hydrogen (secondary N) is 2. The molecule has 0 aromatic heterocycles. The van der Waals surface area contributed by atoms with E-state index >= 15 is 0 Å². The van der Waals surface area contributed by atoms with Crippen LogP contribution in [-0.4, -0.2) is 6.54 Å². The zero-order valence-corrected chi connectivity index (χ0v) is 11.3. The lowest BCUT2D eigenvalue weighted by Gasteiger charge is -2.21. The van der Waals surface area contributed by atoms with Gasteiger partial charge in [-0.15, -0.1) is 4.48 Å². The first kappa shape index (κ1) is 13.6. The van der Waals surface area contributed by atoms with Gasteiger partial charge in [0, 0.05) is 5.69 Å². The van der Waals surface area contributed by atoms with Crippen molar-refractivity contribution in [3.05, 3.63) is 65.2 Å². The number of anilines is 1. The second kappa shape index (κ2) is 6.34. The van der Waals surface area contributed by atoms with Crippen molar-refractivity contribution >= 4 is 5.69 Å². The van der Waals surface area contributed by atoms with Crippen molar-refractivity contribution in [2.75, 3.05) is 11.9 Å². The maximum absolute atomic E-state index is 12.6. The van der Waals surface area contributed by atoms with Crippen molar-refractivity contribution < 1.29 is 4.48 Å². The van der Waals surface area contributed by atoms with Gasteiger partial charge in [0.2, 0.25) is 0 Å². The first-order valence-electron chi connectivity index (χ1n) is 6.43. The molecule has 1 unspecified atom stereocenters. The van der Waals surface area contributed by atoms with E-state index in [4.69, 9.17) is 0 Å². The number of benzene rings is 2. The van der Waals surface area contributed by atoms with Crippen LogP contribution >= 0.6 is 0 Å². The predicted octanol–water partition coefficient (Wildman–Crippen LogP) is 3.93. The van der Waals surface area contributed by atoms with E-state index in [0.717, 1.165) is 11.3 Å². The molecule has 2 aromatic carbocycles. The van der Waals surface area contributed by atoms with E-state index in [1.807, 2.05) is 30.3 Å². The van der Waals surface area contributed by atoms with Gasteiger partial charge < -0.3 is 5.32 Å². The molecule has 2 rings (SSSR count). The first-order chi connectivity index (χ1) is 9.20. The van der Waals surface area contributed by atoms with Crippen molar-refractivity contribution in [2.24, 2.45) is 0 Å². The molecule has 0 amide bonds. The smallest absolute Gasteiger partial charge is 0.0667 e. The molecule has 0 saturated carbocycles. The minimum atomic E-state index is -0.0898. The number of hydrogen-bond acceptors (Lipinski definition) is 2. The molecule has 100 valence electrons. The van der Waals surface area contributed by atoms with Crippen LogP contribution in [0.3, 0.4) is 0 Å². The van der Waals surface area contributed by atoms with Crippen molar-refractivity contribution in [3.8, 4) is 0 Å². The molecule has 2 nitrogen and oxygen atoms in total. The van der Waals surface area contributed by atoms with Crippen LogP contribution in [0.5, 0.6) is 0 Å². The van der Waals surface area contributed by atoms with Gasteiger partial charge in [-0.2, -0.15) is 5.54 Å².